The summed E-state index contributed by atoms with van der Waals surface area (Å²) >= 11 is 0. The first-order valence-corrected chi connectivity index (χ1v) is 4.51. The van der Waals surface area contributed by atoms with Gasteiger partial charge in [0.15, 0.2) is 0 Å². The molecule has 0 aliphatic carbocycles. The predicted octanol–water partition coefficient (Wildman–Crippen LogP) is -0.689. The number of nitrogens with one attached hydrogen (secondary N) is 1. The monoisotopic (exact) mass is 224 g/mol. The topological polar surface area (TPSA) is 52.6 Å². The lowest BCUT2D eigenvalue weighted by Crippen LogP contribution is -2.57. The highest BCUT2D eigenvalue weighted by molar-refractivity contribution is 5.85. The van der Waals surface area contributed by atoms with Gasteiger partial charge in [-0.25, -0.2) is 4.39 Å². The van der Waals surface area contributed by atoms with Crippen molar-refractivity contribution in [3.8, 4) is 0 Å². The van der Waals surface area contributed by atoms with Crippen LogP contribution >= 0.6 is 12.4 Å². The molecule has 0 saturated carbocycles. The molecule has 2 heterocycles. The minimum absolute atomic E-state index is 0. The van der Waals surface area contributed by atoms with Gasteiger partial charge in [0.05, 0.1) is 12.1 Å². The molecule has 0 aromatic rings. The summed E-state index contributed by atoms with van der Waals surface area (Å²) in [4.78, 5) is 13.1. The molecule has 6 heteroatoms. The van der Waals surface area contributed by atoms with Crippen LogP contribution in [0.2, 0.25) is 0 Å². The van der Waals surface area contributed by atoms with Crippen molar-refractivity contribution < 1.29 is 14.3 Å². The average Bonchev–Trinajstić information content (AvgIpc) is 2.45. The number of likely N-dealkylation sites (tertiary alicyclic amines) is 1. The van der Waals surface area contributed by atoms with E-state index >= 15 is 0 Å². The largest absolute Gasteiger partial charge is 0.389 e. The standard InChI is InChI=1S/C8H13FN2O2.ClH/c9-5-1-7(10-2-5)8(13)11-3-6(12)4-11;/h5-7,10,12H,1-4H2;1H/t5-,7+;/m0./s1. The van der Waals surface area contributed by atoms with Crippen LogP contribution in [-0.4, -0.2) is 53.9 Å². The summed E-state index contributed by atoms with van der Waals surface area (Å²) in [6.45, 7) is 1.06. The zero-order valence-corrected chi connectivity index (χ0v) is 8.47. The zero-order chi connectivity index (χ0) is 9.42. The number of carbonyl (C=O) groups excluding carboxylic acids is 1. The third-order valence-electron chi connectivity index (χ3n) is 2.55. The van der Waals surface area contributed by atoms with Gasteiger partial charge in [-0.15, -0.1) is 12.4 Å². The molecule has 0 aromatic carbocycles. The van der Waals surface area contributed by atoms with Crippen LogP contribution in [0.5, 0.6) is 0 Å². The highest BCUT2D eigenvalue weighted by Gasteiger charge is 2.36. The van der Waals surface area contributed by atoms with Crippen LogP contribution in [0, 0.1) is 0 Å². The number of hydrogen-bond donors (Lipinski definition) is 2. The Labute approximate surface area is 87.9 Å². The van der Waals surface area contributed by atoms with Crippen molar-refractivity contribution in [3.63, 3.8) is 0 Å². The van der Waals surface area contributed by atoms with Gasteiger partial charge in [-0.3, -0.25) is 4.79 Å². The van der Waals surface area contributed by atoms with E-state index in [2.05, 4.69) is 5.32 Å². The fraction of sp³-hybridized carbons (Fsp3) is 0.875. The molecular formula is C8H14ClFN2O2. The fourth-order valence-electron chi connectivity index (χ4n) is 1.74. The van der Waals surface area contributed by atoms with Gasteiger partial charge >= 0.3 is 0 Å². The molecule has 1 amide bonds. The second-order valence-corrected chi connectivity index (χ2v) is 3.69. The lowest BCUT2D eigenvalue weighted by Gasteiger charge is -2.37. The molecule has 0 radical (unpaired) electrons. The van der Waals surface area contributed by atoms with E-state index in [1.807, 2.05) is 0 Å². The smallest absolute Gasteiger partial charge is 0.240 e. The number of amides is 1. The lowest BCUT2D eigenvalue weighted by atomic mass is 10.1. The molecular weight excluding hydrogens is 211 g/mol. The molecule has 4 nitrogen and oxygen atoms in total. The van der Waals surface area contributed by atoms with Crippen LogP contribution in [0.15, 0.2) is 0 Å². The van der Waals surface area contributed by atoms with Crippen molar-refractivity contribution in [2.45, 2.75) is 24.7 Å². The number of carbonyl (C=O) groups is 1. The molecule has 0 aromatic heterocycles. The Hall–Kier alpha value is -0.390. The summed E-state index contributed by atoms with van der Waals surface area (Å²) in [5, 5.41) is 11.8. The summed E-state index contributed by atoms with van der Waals surface area (Å²) in [7, 11) is 0. The third-order valence-corrected chi connectivity index (χ3v) is 2.55. The van der Waals surface area contributed by atoms with E-state index in [1.165, 1.54) is 0 Å². The van der Waals surface area contributed by atoms with E-state index in [4.69, 9.17) is 5.11 Å². The van der Waals surface area contributed by atoms with Crippen molar-refractivity contribution in [2.75, 3.05) is 19.6 Å². The van der Waals surface area contributed by atoms with Gasteiger partial charge in [-0.05, 0) is 0 Å². The Morgan fingerprint density at radius 2 is 2.14 bits per heavy atom. The molecule has 0 unspecified atom stereocenters. The number of nitrogens with zero attached hydrogens (tertiary/aromatic N) is 1. The SMILES string of the molecule is Cl.O=C([C@H]1C[C@H](F)CN1)N1CC(O)C1. The van der Waals surface area contributed by atoms with E-state index in [1.54, 1.807) is 4.90 Å². The highest BCUT2D eigenvalue weighted by atomic mass is 35.5. The molecule has 2 N–H and O–H groups in total. The molecule has 0 spiro atoms. The quantitative estimate of drug-likeness (QED) is 0.620. The van der Waals surface area contributed by atoms with Gasteiger partial charge in [0.1, 0.15) is 6.17 Å². The van der Waals surface area contributed by atoms with Gasteiger partial charge in [0.25, 0.3) is 0 Å². The van der Waals surface area contributed by atoms with E-state index in [0.717, 1.165) is 0 Å². The molecule has 2 fully saturated rings. The minimum atomic E-state index is -0.903. The first-order valence-electron chi connectivity index (χ1n) is 4.51. The molecule has 0 bridgehead atoms. The van der Waals surface area contributed by atoms with Crippen molar-refractivity contribution >= 4 is 18.3 Å². The highest BCUT2D eigenvalue weighted by Crippen LogP contribution is 2.16. The Morgan fingerprint density at radius 1 is 1.50 bits per heavy atom. The fourth-order valence-corrected chi connectivity index (χ4v) is 1.74. The van der Waals surface area contributed by atoms with Crippen LogP contribution in [-0.2, 0) is 4.79 Å². The molecule has 2 atom stereocenters. The summed E-state index contributed by atoms with van der Waals surface area (Å²) in [6.07, 6.45) is -1.02. The second-order valence-electron chi connectivity index (χ2n) is 3.69. The van der Waals surface area contributed by atoms with E-state index in [-0.39, 0.29) is 43.4 Å². The van der Waals surface area contributed by atoms with E-state index in [0.29, 0.717) is 13.1 Å². The molecule has 2 rings (SSSR count). The lowest BCUT2D eigenvalue weighted by molar-refractivity contribution is -0.143. The van der Waals surface area contributed by atoms with E-state index < -0.39 is 6.17 Å². The summed E-state index contributed by atoms with van der Waals surface area (Å²) in [5.74, 6) is -0.0783. The van der Waals surface area contributed by atoms with Crippen LogP contribution in [0.1, 0.15) is 6.42 Å². The maximum absolute atomic E-state index is 12.7. The van der Waals surface area contributed by atoms with Crippen molar-refractivity contribution in [2.24, 2.45) is 0 Å². The molecule has 2 aliphatic heterocycles. The van der Waals surface area contributed by atoms with Crippen molar-refractivity contribution in [1.82, 2.24) is 10.2 Å². The van der Waals surface area contributed by atoms with Crippen LogP contribution in [0.4, 0.5) is 4.39 Å². The number of rotatable bonds is 1. The molecule has 14 heavy (non-hydrogen) atoms. The zero-order valence-electron chi connectivity index (χ0n) is 7.65. The summed E-state index contributed by atoms with van der Waals surface area (Å²) < 4.78 is 12.7. The van der Waals surface area contributed by atoms with Gasteiger partial charge in [-0.1, -0.05) is 0 Å². The predicted molar refractivity (Wildman–Crippen MR) is 51.1 cm³/mol. The molecule has 82 valence electrons. The third kappa shape index (κ3) is 2.16. The summed E-state index contributed by atoms with van der Waals surface area (Å²) in [5.41, 5.74) is 0. The Morgan fingerprint density at radius 3 is 2.57 bits per heavy atom. The van der Waals surface area contributed by atoms with E-state index in [9.17, 15) is 9.18 Å². The van der Waals surface area contributed by atoms with Gasteiger partial charge in [-0.2, -0.15) is 0 Å². The Balaban J connectivity index is 0.000000980. The Bertz CT molecular complexity index is 223. The molecule has 2 aliphatic rings. The van der Waals surface area contributed by atoms with Crippen LogP contribution in [0.3, 0.4) is 0 Å². The number of hydrogen-bond acceptors (Lipinski definition) is 3. The second kappa shape index (κ2) is 4.42. The van der Waals surface area contributed by atoms with Gasteiger partial charge in [0, 0.05) is 26.1 Å². The number of halogens is 2. The number of aliphatic hydroxyl groups excluding tert-OH is 1. The maximum Gasteiger partial charge on any atom is 0.240 e. The number of alkyl halides is 1. The number of β-amino-alcohol motifs (C(OH)–C–C–N with tert-alkyl or cyclic N) is 1. The molecule has 2 saturated heterocycles. The van der Waals surface area contributed by atoms with Crippen LogP contribution < -0.4 is 5.32 Å². The number of aliphatic hydroxyl groups is 1. The first kappa shape index (κ1) is 11.7. The maximum atomic E-state index is 12.7. The average molecular weight is 225 g/mol. The van der Waals surface area contributed by atoms with Gasteiger partial charge in [0.2, 0.25) is 5.91 Å². The van der Waals surface area contributed by atoms with Crippen molar-refractivity contribution in [3.05, 3.63) is 0 Å². The first-order chi connectivity index (χ1) is 6.16. The van der Waals surface area contributed by atoms with Gasteiger partial charge < -0.3 is 15.3 Å². The minimum Gasteiger partial charge on any atom is -0.389 e. The van der Waals surface area contributed by atoms with Crippen LogP contribution in [0.25, 0.3) is 0 Å². The van der Waals surface area contributed by atoms with Crippen molar-refractivity contribution in [1.29, 1.82) is 0 Å². The summed E-state index contributed by atoms with van der Waals surface area (Å²) in [6, 6.07) is -0.373. The Kier molecular flexibility index (Phi) is 3.69. The normalized spacial score (nSPS) is 32.3.